The molecule has 29 heavy (non-hydrogen) atoms. The van der Waals surface area contributed by atoms with E-state index < -0.39 is 10.0 Å². The van der Waals surface area contributed by atoms with Crippen molar-refractivity contribution in [3.8, 4) is 0 Å². The summed E-state index contributed by atoms with van der Waals surface area (Å²) in [5.41, 5.74) is 0.576. The predicted octanol–water partition coefficient (Wildman–Crippen LogP) is 3.98. The van der Waals surface area contributed by atoms with Crippen LogP contribution in [0.2, 0.25) is 15.1 Å². The second-order valence-corrected chi connectivity index (χ2v) is 9.67. The van der Waals surface area contributed by atoms with Crippen LogP contribution in [0.5, 0.6) is 0 Å². The molecule has 0 unspecified atom stereocenters. The number of rotatable bonds is 6. The second-order valence-electron chi connectivity index (χ2n) is 6.57. The SMILES string of the molecule is O=C(CCN1CCN(S(=O)(=O)c2c(Cl)cccc2Cl)CC1)Nc1ccccc1Cl. The van der Waals surface area contributed by atoms with E-state index in [1.165, 1.54) is 16.4 Å². The van der Waals surface area contributed by atoms with Crippen molar-refractivity contribution in [2.24, 2.45) is 0 Å². The van der Waals surface area contributed by atoms with Gasteiger partial charge in [0.05, 0.1) is 20.8 Å². The number of sulfonamides is 1. The topological polar surface area (TPSA) is 69.7 Å². The Morgan fingerprint density at radius 2 is 1.48 bits per heavy atom. The monoisotopic (exact) mass is 475 g/mol. The van der Waals surface area contributed by atoms with Gasteiger partial charge in [-0.15, -0.1) is 0 Å². The summed E-state index contributed by atoms with van der Waals surface area (Å²) in [6, 6.07) is 11.7. The van der Waals surface area contributed by atoms with E-state index in [4.69, 9.17) is 34.8 Å². The first-order chi connectivity index (χ1) is 13.8. The highest BCUT2D eigenvalue weighted by molar-refractivity contribution is 7.89. The molecule has 2 aromatic carbocycles. The first kappa shape index (κ1) is 22.3. The maximum atomic E-state index is 12.9. The van der Waals surface area contributed by atoms with E-state index in [1.54, 1.807) is 30.3 Å². The molecule has 6 nitrogen and oxygen atoms in total. The minimum atomic E-state index is -3.77. The van der Waals surface area contributed by atoms with Gasteiger partial charge in [0.1, 0.15) is 4.90 Å². The lowest BCUT2D eigenvalue weighted by atomic mass is 10.3. The van der Waals surface area contributed by atoms with Gasteiger partial charge in [0.15, 0.2) is 0 Å². The van der Waals surface area contributed by atoms with Crippen LogP contribution in [0.25, 0.3) is 0 Å². The summed E-state index contributed by atoms with van der Waals surface area (Å²) in [6.45, 7) is 2.16. The lowest BCUT2D eigenvalue weighted by Gasteiger charge is -2.34. The Hall–Kier alpha value is -1.35. The minimum Gasteiger partial charge on any atom is -0.325 e. The van der Waals surface area contributed by atoms with Gasteiger partial charge >= 0.3 is 0 Å². The molecule has 1 saturated heterocycles. The van der Waals surface area contributed by atoms with Gasteiger partial charge in [0.2, 0.25) is 15.9 Å². The molecule has 0 bridgehead atoms. The summed E-state index contributed by atoms with van der Waals surface area (Å²) in [5.74, 6) is -0.143. The Kier molecular flexibility index (Phi) is 7.42. The first-order valence-corrected chi connectivity index (χ1v) is 11.6. The molecule has 0 aromatic heterocycles. The third-order valence-corrected chi connectivity index (χ3v) is 7.84. The van der Waals surface area contributed by atoms with Crippen LogP contribution >= 0.6 is 34.8 Å². The first-order valence-electron chi connectivity index (χ1n) is 9.00. The van der Waals surface area contributed by atoms with Gasteiger partial charge in [0, 0.05) is 39.1 Å². The zero-order valence-corrected chi connectivity index (χ0v) is 18.5. The number of benzene rings is 2. The number of carbonyl (C=O) groups excluding carboxylic acids is 1. The van der Waals surface area contributed by atoms with Crippen LogP contribution < -0.4 is 5.32 Å². The highest BCUT2D eigenvalue weighted by Crippen LogP contribution is 2.31. The van der Waals surface area contributed by atoms with Crippen molar-refractivity contribution in [3.05, 3.63) is 57.5 Å². The van der Waals surface area contributed by atoms with E-state index in [9.17, 15) is 13.2 Å². The summed E-state index contributed by atoms with van der Waals surface area (Å²) in [6.07, 6.45) is 0.286. The Morgan fingerprint density at radius 3 is 2.10 bits per heavy atom. The van der Waals surface area contributed by atoms with E-state index in [0.717, 1.165) is 0 Å². The molecule has 10 heteroatoms. The minimum absolute atomic E-state index is 0.0594. The smallest absolute Gasteiger partial charge is 0.246 e. The highest BCUT2D eigenvalue weighted by atomic mass is 35.5. The standard InChI is InChI=1S/C19H20Cl3N3O3S/c20-14-4-1-2-7-17(14)23-18(26)8-9-24-10-12-25(13-11-24)29(27,28)19-15(21)5-3-6-16(19)22/h1-7H,8-13H2,(H,23,26). The number of halogens is 3. The number of para-hydroxylation sites is 1. The molecule has 0 aliphatic carbocycles. The zero-order valence-electron chi connectivity index (χ0n) is 15.4. The van der Waals surface area contributed by atoms with Crippen LogP contribution in [0.4, 0.5) is 5.69 Å². The van der Waals surface area contributed by atoms with Crippen molar-refractivity contribution in [3.63, 3.8) is 0 Å². The molecule has 0 spiro atoms. The van der Waals surface area contributed by atoms with Crippen molar-refractivity contribution in [1.29, 1.82) is 0 Å². The fourth-order valence-corrected chi connectivity index (χ4v) is 5.78. The Balaban J connectivity index is 1.53. The molecule has 1 aliphatic rings. The average molecular weight is 477 g/mol. The molecule has 3 rings (SSSR count). The molecule has 1 N–H and O–H groups in total. The van der Waals surface area contributed by atoms with Gasteiger partial charge in [-0.05, 0) is 24.3 Å². The van der Waals surface area contributed by atoms with Crippen LogP contribution in [0.15, 0.2) is 47.4 Å². The van der Waals surface area contributed by atoms with Crippen molar-refractivity contribution in [1.82, 2.24) is 9.21 Å². The van der Waals surface area contributed by atoms with Crippen LogP contribution in [-0.4, -0.2) is 56.3 Å². The molecular weight excluding hydrogens is 457 g/mol. The number of piperazine rings is 1. The number of carbonyl (C=O) groups is 1. The number of amides is 1. The van der Waals surface area contributed by atoms with E-state index in [-0.39, 0.29) is 27.3 Å². The summed E-state index contributed by atoms with van der Waals surface area (Å²) >= 11 is 18.2. The second kappa shape index (κ2) is 9.64. The van der Waals surface area contributed by atoms with Gasteiger partial charge < -0.3 is 10.2 Å². The molecular formula is C19H20Cl3N3O3S. The van der Waals surface area contributed by atoms with E-state index in [1.807, 2.05) is 4.90 Å². The molecule has 0 radical (unpaired) electrons. The number of hydrogen-bond acceptors (Lipinski definition) is 4. The molecule has 1 fully saturated rings. The molecule has 1 aliphatic heterocycles. The summed E-state index contributed by atoms with van der Waals surface area (Å²) in [7, 11) is -3.77. The normalized spacial score (nSPS) is 16.0. The Labute approximate surface area is 185 Å². The summed E-state index contributed by atoms with van der Waals surface area (Å²) < 4.78 is 27.2. The number of anilines is 1. The molecule has 1 heterocycles. The lowest BCUT2D eigenvalue weighted by molar-refractivity contribution is -0.116. The van der Waals surface area contributed by atoms with Gasteiger partial charge in [-0.1, -0.05) is 53.0 Å². The Morgan fingerprint density at radius 1 is 0.897 bits per heavy atom. The molecule has 0 saturated carbocycles. The van der Waals surface area contributed by atoms with E-state index in [0.29, 0.717) is 43.4 Å². The highest BCUT2D eigenvalue weighted by Gasteiger charge is 2.31. The number of nitrogens with zero attached hydrogens (tertiary/aromatic N) is 2. The van der Waals surface area contributed by atoms with Crippen LogP contribution in [0, 0.1) is 0 Å². The van der Waals surface area contributed by atoms with Crippen molar-refractivity contribution in [2.75, 3.05) is 38.0 Å². The molecule has 1 amide bonds. The maximum Gasteiger partial charge on any atom is 0.246 e. The van der Waals surface area contributed by atoms with Crippen molar-refractivity contribution < 1.29 is 13.2 Å². The number of hydrogen-bond donors (Lipinski definition) is 1. The van der Waals surface area contributed by atoms with Crippen LogP contribution in [-0.2, 0) is 14.8 Å². The molecule has 156 valence electrons. The largest absolute Gasteiger partial charge is 0.325 e. The molecule has 0 atom stereocenters. The quantitative estimate of drug-likeness (QED) is 0.684. The fourth-order valence-electron chi connectivity index (χ4n) is 3.09. The van der Waals surface area contributed by atoms with Crippen molar-refractivity contribution in [2.45, 2.75) is 11.3 Å². The van der Waals surface area contributed by atoms with Crippen molar-refractivity contribution >= 4 is 56.4 Å². The van der Waals surface area contributed by atoms with Gasteiger partial charge in [-0.2, -0.15) is 4.31 Å². The predicted molar refractivity (Wildman–Crippen MR) is 116 cm³/mol. The van der Waals surface area contributed by atoms with Gasteiger partial charge in [-0.3, -0.25) is 4.79 Å². The molecule has 2 aromatic rings. The Bertz CT molecular complexity index is 973. The lowest BCUT2D eigenvalue weighted by Crippen LogP contribution is -2.49. The summed E-state index contributed by atoms with van der Waals surface area (Å²) in [5, 5.41) is 3.48. The maximum absolute atomic E-state index is 12.9. The van der Waals surface area contributed by atoms with Crippen LogP contribution in [0.3, 0.4) is 0 Å². The van der Waals surface area contributed by atoms with E-state index >= 15 is 0 Å². The zero-order chi connectivity index (χ0) is 21.0. The fraction of sp³-hybridized carbons (Fsp3) is 0.316. The summed E-state index contributed by atoms with van der Waals surface area (Å²) in [4.78, 5) is 14.1. The van der Waals surface area contributed by atoms with Crippen LogP contribution in [0.1, 0.15) is 6.42 Å². The van der Waals surface area contributed by atoms with Gasteiger partial charge in [-0.25, -0.2) is 8.42 Å². The number of nitrogens with one attached hydrogen (secondary N) is 1. The third-order valence-electron chi connectivity index (χ3n) is 4.65. The third kappa shape index (κ3) is 5.42. The van der Waals surface area contributed by atoms with Gasteiger partial charge in [0.25, 0.3) is 0 Å². The average Bonchev–Trinajstić information content (AvgIpc) is 2.68. The van der Waals surface area contributed by atoms with E-state index in [2.05, 4.69) is 5.32 Å².